The Balaban J connectivity index is 1.59. The summed E-state index contributed by atoms with van der Waals surface area (Å²) in [4.78, 5) is 26.9. The summed E-state index contributed by atoms with van der Waals surface area (Å²) in [6.45, 7) is 1.10. The number of nitrogens with two attached hydrogens (primary N) is 1. The lowest BCUT2D eigenvalue weighted by atomic mass is 9.97. The number of hydrogen-bond acceptors (Lipinski definition) is 3. The molecule has 2 aromatic rings. The van der Waals surface area contributed by atoms with Gasteiger partial charge in [-0.1, -0.05) is 23.7 Å². The van der Waals surface area contributed by atoms with Crippen LogP contribution in [-0.4, -0.2) is 29.8 Å². The number of piperidine rings is 1. The predicted octanol–water partition coefficient (Wildman–Crippen LogP) is 3.97. The average Bonchev–Trinajstić information content (AvgIpc) is 2.67. The zero-order valence-corrected chi connectivity index (χ0v) is 15.9. The summed E-state index contributed by atoms with van der Waals surface area (Å²) in [6.07, 6.45) is 1.58. The normalized spacial score (nSPS) is 17.1. The Kier molecular flexibility index (Phi) is 6.22. The molecule has 2 amide bonds. The number of likely N-dealkylation sites (tertiary alicyclic amines) is 1. The van der Waals surface area contributed by atoms with Crippen molar-refractivity contribution < 1.29 is 9.59 Å². The van der Waals surface area contributed by atoms with Gasteiger partial charge in [0.05, 0.1) is 5.92 Å². The van der Waals surface area contributed by atoms with Crippen molar-refractivity contribution in [2.24, 2.45) is 11.7 Å². The molecule has 2 aromatic carbocycles. The fraction of sp³-hybridized carbons (Fsp3) is 0.300. The van der Waals surface area contributed by atoms with Crippen LogP contribution in [0.25, 0.3) is 0 Å². The van der Waals surface area contributed by atoms with E-state index in [-0.39, 0.29) is 17.7 Å². The van der Waals surface area contributed by atoms with Gasteiger partial charge in [0.1, 0.15) is 0 Å². The number of halogens is 1. The molecule has 0 spiro atoms. The number of hydrogen-bond donors (Lipinski definition) is 1. The number of primary amides is 1. The first-order valence-corrected chi connectivity index (χ1v) is 9.95. The molecular formula is C20H21ClN2O2S. The Morgan fingerprint density at radius 3 is 2.46 bits per heavy atom. The first kappa shape index (κ1) is 18.8. The Morgan fingerprint density at radius 1 is 1.12 bits per heavy atom. The number of benzene rings is 2. The highest BCUT2D eigenvalue weighted by molar-refractivity contribution is 7.98. The van der Waals surface area contributed by atoms with E-state index >= 15 is 0 Å². The highest BCUT2D eigenvalue weighted by Gasteiger charge is 2.27. The zero-order valence-electron chi connectivity index (χ0n) is 14.4. The molecule has 6 heteroatoms. The Bertz CT molecular complexity index is 777. The molecule has 0 bridgehead atoms. The lowest BCUT2D eigenvalue weighted by molar-refractivity contribution is -0.123. The van der Waals surface area contributed by atoms with E-state index in [4.69, 9.17) is 17.3 Å². The molecule has 4 nitrogen and oxygen atoms in total. The van der Waals surface area contributed by atoms with E-state index in [1.54, 1.807) is 16.7 Å². The van der Waals surface area contributed by atoms with Crippen molar-refractivity contribution in [3.05, 3.63) is 64.7 Å². The van der Waals surface area contributed by atoms with Crippen LogP contribution in [0, 0.1) is 5.92 Å². The molecule has 26 heavy (non-hydrogen) atoms. The summed E-state index contributed by atoms with van der Waals surface area (Å²) in [7, 11) is 0. The fourth-order valence-corrected chi connectivity index (χ4v) is 4.00. The van der Waals surface area contributed by atoms with Crippen molar-refractivity contribution in [2.45, 2.75) is 23.5 Å². The maximum atomic E-state index is 12.6. The molecule has 1 heterocycles. The van der Waals surface area contributed by atoms with Gasteiger partial charge >= 0.3 is 0 Å². The summed E-state index contributed by atoms with van der Waals surface area (Å²) >= 11 is 7.62. The lowest BCUT2D eigenvalue weighted by Crippen LogP contribution is -2.44. The molecule has 136 valence electrons. The Morgan fingerprint density at radius 2 is 1.81 bits per heavy atom. The molecular weight excluding hydrogens is 368 g/mol. The summed E-state index contributed by atoms with van der Waals surface area (Å²) in [5.74, 6) is 0.233. The van der Waals surface area contributed by atoms with E-state index in [0.29, 0.717) is 18.7 Å². The SMILES string of the molecule is NC(=O)C1CCCN(C(=O)c2ccc(CSc3ccc(Cl)cc3)cc2)C1. The molecule has 0 radical (unpaired) electrons. The van der Waals surface area contributed by atoms with Gasteiger partial charge in [0, 0.05) is 34.3 Å². The van der Waals surface area contributed by atoms with E-state index in [0.717, 1.165) is 34.1 Å². The third-order valence-corrected chi connectivity index (χ3v) is 5.87. The van der Waals surface area contributed by atoms with Crippen LogP contribution in [-0.2, 0) is 10.5 Å². The second-order valence-electron chi connectivity index (χ2n) is 6.43. The van der Waals surface area contributed by atoms with Crippen molar-refractivity contribution in [2.75, 3.05) is 13.1 Å². The fourth-order valence-electron chi connectivity index (χ4n) is 3.02. The maximum absolute atomic E-state index is 12.6. The van der Waals surface area contributed by atoms with Gasteiger partial charge in [-0.2, -0.15) is 0 Å². The van der Waals surface area contributed by atoms with Crippen LogP contribution in [0.1, 0.15) is 28.8 Å². The van der Waals surface area contributed by atoms with Crippen LogP contribution in [0.4, 0.5) is 0 Å². The van der Waals surface area contributed by atoms with Gasteiger partial charge in [-0.3, -0.25) is 9.59 Å². The summed E-state index contributed by atoms with van der Waals surface area (Å²) < 4.78 is 0. The second-order valence-corrected chi connectivity index (χ2v) is 7.92. The number of amides is 2. The number of thioether (sulfide) groups is 1. The van der Waals surface area contributed by atoms with Crippen LogP contribution in [0.5, 0.6) is 0 Å². The third-order valence-electron chi connectivity index (χ3n) is 4.53. The van der Waals surface area contributed by atoms with Crippen molar-refractivity contribution in [3.63, 3.8) is 0 Å². The number of carbonyl (C=O) groups excluding carboxylic acids is 2. The number of nitrogens with zero attached hydrogens (tertiary/aromatic N) is 1. The van der Waals surface area contributed by atoms with Crippen LogP contribution < -0.4 is 5.73 Å². The van der Waals surface area contributed by atoms with Gasteiger partial charge in [-0.25, -0.2) is 0 Å². The van der Waals surface area contributed by atoms with Gasteiger partial charge in [-0.05, 0) is 54.8 Å². The minimum atomic E-state index is -0.322. The van der Waals surface area contributed by atoms with Gasteiger partial charge in [-0.15, -0.1) is 11.8 Å². The van der Waals surface area contributed by atoms with Crippen LogP contribution in [0.2, 0.25) is 5.02 Å². The Hall–Kier alpha value is -1.98. The van der Waals surface area contributed by atoms with Crippen molar-refractivity contribution >= 4 is 35.2 Å². The molecule has 0 saturated carbocycles. The van der Waals surface area contributed by atoms with Gasteiger partial charge in [0.15, 0.2) is 0 Å². The number of carbonyl (C=O) groups is 2. The molecule has 1 atom stereocenters. The topological polar surface area (TPSA) is 63.4 Å². The van der Waals surface area contributed by atoms with Crippen molar-refractivity contribution in [1.29, 1.82) is 0 Å². The second kappa shape index (κ2) is 8.60. The van der Waals surface area contributed by atoms with Crippen LogP contribution >= 0.6 is 23.4 Å². The van der Waals surface area contributed by atoms with E-state index < -0.39 is 0 Å². The standard InChI is InChI=1S/C20H21ClN2O2S/c21-17-7-9-18(10-8-17)26-13-14-3-5-15(6-4-14)20(25)23-11-1-2-16(12-23)19(22)24/h3-10,16H,1-2,11-13H2,(H2,22,24). The van der Waals surface area contributed by atoms with Gasteiger partial charge in [0.2, 0.25) is 5.91 Å². The highest BCUT2D eigenvalue weighted by Crippen LogP contribution is 2.25. The van der Waals surface area contributed by atoms with Crippen LogP contribution in [0.3, 0.4) is 0 Å². The quantitative estimate of drug-likeness (QED) is 0.788. The molecule has 1 aliphatic heterocycles. The summed E-state index contributed by atoms with van der Waals surface area (Å²) in [5, 5.41) is 0.730. The maximum Gasteiger partial charge on any atom is 0.253 e. The summed E-state index contributed by atoms with van der Waals surface area (Å²) in [5.41, 5.74) is 7.19. The lowest BCUT2D eigenvalue weighted by Gasteiger charge is -2.31. The Labute approximate surface area is 162 Å². The van der Waals surface area contributed by atoms with E-state index in [2.05, 4.69) is 0 Å². The van der Waals surface area contributed by atoms with Crippen LogP contribution in [0.15, 0.2) is 53.4 Å². The molecule has 1 saturated heterocycles. The minimum Gasteiger partial charge on any atom is -0.369 e. The average molecular weight is 389 g/mol. The first-order valence-electron chi connectivity index (χ1n) is 8.59. The molecule has 3 rings (SSSR count). The van der Waals surface area contributed by atoms with Crippen molar-refractivity contribution in [3.8, 4) is 0 Å². The van der Waals surface area contributed by atoms with E-state index in [1.165, 1.54) is 0 Å². The zero-order chi connectivity index (χ0) is 18.5. The van der Waals surface area contributed by atoms with E-state index in [9.17, 15) is 9.59 Å². The molecule has 2 N–H and O–H groups in total. The molecule has 1 unspecified atom stereocenters. The molecule has 1 fully saturated rings. The van der Waals surface area contributed by atoms with E-state index in [1.807, 2.05) is 48.5 Å². The predicted molar refractivity (Wildman–Crippen MR) is 105 cm³/mol. The molecule has 0 aromatic heterocycles. The monoisotopic (exact) mass is 388 g/mol. The minimum absolute atomic E-state index is 0.0344. The largest absolute Gasteiger partial charge is 0.369 e. The number of rotatable bonds is 5. The van der Waals surface area contributed by atoms with Gasteiger partial charge < -0.3 is 10.6 Å². The summed E-state index contributed by atoms with van der Waals surface area (Å²) in [6, 6.07) is 15.4. The third kappa shape index (κ3) is 4.80. The highest BCUT2D eigenvalue weighted by atomic mass is 35.5. The molecule has 0 aliphatic carbocycles. The molecule has 1 aliphatic rings. The van der Waals surface area contributed by atoms with Gasteiger partial charge in [0.25, 0.3) is 5.91 Å². The van der Waals surface area contributed by atoms with Crippen molar-refractivity contribution in [1.82, 2.24) is 4.90 Å². The smallest absolute Gasteiger partial charge is 0.253 e. The first-order chi connectivity index (χ1) is 12.5.